The van der Waals surface area contributed by atoms with Crippen LogP contribution in [0.3, 0.4) is 0 Å². The molecule has 1 aromatic heterocycles. The Labute approximate surface area is 169 Å². The highest BCUT2D eigenvalue weighted by atomic mass is 19.4. The van der Waals surface area contributed by atoms with Gasteiger partial charge in [0, 0.05) is 30.5 Å². The van der Waals surface area contributed by atoms with E-state index in [0.29, 0.717) is 18.1 Å². The van der Waals surface area contributed by atoms with Gasteiger partial charge in [0.25, 0.3) is 0 Å². The number of halogens is 3. The number of anilines is 3. The van der Waals surface area contributed by atoms with E-state index in [1.165, 1.54) is 19.2 Å². The Bertz CT molecular complexity index is 877. The van der Waals surface area contributed by atoms with Gasteiger partial charge in [-0.2, -0.15) is 4.98 Å². The monoisotopic (exact) mass is 428 g/mol. The highest BCUT2D eigenvalue weighted by molar-refractivity contribution is 5.98. The van der Waals surface area contributed by atoms with Gasteiger partial charge < -0.3 is 25.4 Å². The lowest BCUT2D eigenvalue weighted by Crippen LogP contribution is -2.28. The number of benzene rings is 1. The van der Waals surface area contributed by atoms with Gasteiger partial charge in [-0.05, 0) is 31.2 Å². The second-order valence-corrected chi connectivity index (χ2v) is 5.71. The Morgan fingerprint density at radius 2 is 1.77 bits per heavy atom. The number of hydrogen-bond acceptors (Lipinski definition) is 7. The number of nitrogens with zero attached hydrogens (tertiary/aromatic N) is 2. The van der Waals surface area contributed by atoms with Crippen LogP contribution < -0.4 is 26.0 Å². The van der Waals surface area contributed by atoms with Gasteiger partial charge in [0.15, 0.2) is 0 Å². The average molecular weight is 428 g/mol. The second-order valence-electron chi connectivity index (χ2n) is 5.71. The SMILES string of the molecule is COC(=O)NCCNc1cc(C)nc(NC(=O)Nc2ccc(OC(F)(F)F)cc2)n1. The molecule has 0 aliphatic heterocycles. The number of rotatable bonds is 7. The standard InChI is InChI=1S/C17H19F3N6O4/c1-10-9-13(21-7-8-22-16(28)29-2)25-14(23-10)26-15(27)24-11-3-5-12(6-4-11)30-17(18,19)20/h3-6,9H,7-8H2,1-2H3,(H,22,28)(H3,21,23,24,25,26,27). The highest BCUT2D eigenvalue weighted by Crippen LogP contribution is 2.24. The maximum atomic E-state index is 12.2. The molecule has 2 rings (SSSR count). The zero-order chi connectivity index (χ0) is 22.1. The molecule has 1 aromatic carbocycles. The van der Waals surface area contributed by atoms with Gasteiger partial charge >= 0.3 is 18.5 Å². The summed E-state index contributed by atoms with van der Waals surface area (Å²) < 4.78 is 44.7. The van der Waals surface area contributed by atoms with Crippen LogP contribution in [0.4, 0.5) is 40.2 Å². The number of ether oxygens (including phenoxy) is 2. The number of amides is 3. The van der Waals surface area contributed by atoms with Crippen molar-refractivity contribution in [1.82, 2.24) is 15.3 Å². The van der Waals surface area contributed by atoms with E-state index >= 15 is 0 Å². The number of alkyl halides is 3. The molecule has 0 aliphatic carbocycles. The van der Waals surface area contributed by atoms with Crippen LogP contribution in [0, 0.1) is 6.92 Å². The van der Waals surface area contributed by atoms with E-state index < -0.39 is 24.2 Å². The lowest BCUT2D eigenvalue weighted by atomic mass is 10.3. The van der Waals surface area contributed by atoms with Gasteiger partial charge in [-0.15, -0.1) is 13.2 Å². The van der Waals surface area contributed by atoms with Crippen molar-refractivity contribution >= 4 is 29.6 Å². The number of methoxy groups -OCH3 is 1. The number of urea groups is 1. The maximum Gasteiger partial charge on any atom is 0.573 e. The van der Waals surface area contributed by atoms with Crippen molar-refractivity contribution in [3.05, 3.63) is 36.0 Å². The Morgan fingerprint density at radius 3 is 2.40 bits per heavy atom. The largest absolute Gasteiger partial charge is 0.573 e. The minimum absolute atomic E-state index is 0.00736. The van der Waals surface area contributed by atoms with E-state index in [1.54, 1.807) is 13.0 Å². The average Bonchev–Trinajstić information content (AvgIpc) is 2.65. The molecule has 4 N–H and O–H groups in total. The zero-order valence-electron chi connectivity index (χ0n) is 16.0. The van der Waals surface area contributed by atoms with Crippen molar-refractivity contribution in [2.75, 3.05) is 36.1 Å². The van der Waals surface area contributed by atoms with Crippen LogP contribution in [0.5, 0.6) is 5.75 Å². The lowest BCUT2D eigenvalue weighted by molar-refractivity contribution is -0.274. The van der Waals surface area contributed by atoms with Crippen LogP contribution >= 0.6 is 0 Å². The summed E-state index contributed by atoms with van der Waals surface area (Å²) in [6.45, 7) is 2.33. The number of aryl methyl sites for hydroxylation is 1. The van der Waals surface area contributed by atoms with Crippen molar-refractivity contribution in [1.29, 1.82) is 0 Å². The third kappa shape index (κ3) is 8.08. The fourth-order valence-corrected chi connectivity index (χ4v) is 2.15. The van der Waals surface area contributed by atoms with Crippen LogP contribution in [0.15, 0.2) is 30.3 Å². The van der Waals surface area contributed by atoms with Crippen LogP contribution in [0.1, 0.15) is 5.69 Å². The minimum Gasteiger partial charge on any atom is -0.453 e. The number of aromatic nitrogens is 2. The van der Waals surface area contributed by atoms with Crippen molar-refractivity contribution in [2.24, 2.45) is 0 Å². The smallest absolute Gasteiger partial charge is 0.453 e. The van der Waals surface area contributed by atoms with Gasteiger partial charge in [-0.1, -0.05) is 0 Å². The second kappa shape index (κ2) is 10.1. The van der Waals surface area contributed by atoms with Crippen molar-refractivity contribution in [2.45, 2.75) is 13.3 Å². The van der Waals surface area contributed by atoms with Gasteiger partial charge in [0.05, 0.1) is 7.11 Å². The molecule has 0 fully saturated rings. The van der Waals surface area contributed by atoms with E-state index in [9.17, 15) is 22.8 Å². The maximum absolute atomic E-state index is 12.2. The van der Waals surface area contributed by atoms with Crippen LogP contribution in [-0.2, 0) is 4.74 Å². The molecule has 0 spiro atoms. The molecule has 0 saturated carbocycles. The molecule has 1 heterocycles. The predicted octanol–water partition coefficient (Wildman–Crippen LogP) is 3.10. The fourth-order valence-electron chi connectivity index (χ4n) is 2.15. The number of alkyl carbamates (subject to hydrolysis) is 1. The summed E-state index contributed by atoms with van der Waals surface area (Å²) in [5.41, 5.74) is 0.805. The van der Waals surface area contributed by atoms with Gasteiger partial charge in [0.2, 0.25) is 5.95 Å². The molecule has 2 aromatic rings. The summed E-state index contributed by atoms with van der Waals surface area (Å²) in [5, 5.41) is 10.3. The van der Waals surface area contributed by atoms with E-state index in [4.69, 9.17) is 0 Å². The third-order valence-corrected chi connectivity index (χ3v) is 3.31. The summed E-state index contributed by atoms with van der Waals surface area (Å²) in [7, 11) is 1.25. The zero-order valence-corrected chi connectivity index (χ0v) is 16.0. The van der Waals surface area contributed by atoms with E-state index in [2.05, 4.69) is 40.7 Å². The first-order valence-corrected chi connectivity index (χ1v) is 8.50. The summed E-state index contributed by atoms with van der Waals surface area (Å²) in [5.74, 6) is 0.0129. The van der Waals surface area contributed by atoms with Gasteiger partial charge in [0.1, 0.15) is 11.6 Å². The molecule has 30 heavy (non-hydrogen) atoms. The first-order valence-electron chi connectivity index (χ1n) is 8.50. The van der Waals surface area contributed by atoms with E-state index in [0.717, 1.165) is 12.1 Å². The highest BCUT2D eigenvalue weighted by Gasteiger charge is 2.30. The molecule has 162 valence electrons. The molecular weight excluding hydrogens is 409 g/mol. The molecule has 3 amide bonds. The van der Waals surface area contributed by atoms with Crippen LogP contribution in [-0.4, -0.2) is 48.7 Å². The first kappa shape index (κ1) is 22.5. The van der Waals surface area contributed by atoms with Crippen LogP contribution in [0.2, 0.25) is 0 Å². The fraction of sp³-hybridized carbons (Fsp3) is 0.294. The quantitative estimate of drug-likeness (QED) is 0.499. The van der Waals surface area contributed by atoms with Gasteiger partial charge in [-0.3, -0.25) is 5.32 Å². The molecule has 0 radical (unpaired) electrons. The molecule has 0 bridgehead atoms. The minimum atomic E-state index is -4.80. The molecule has 0 atom stereocenters. The van der Waals surface area contributed by atoms with E-state index in [-0.39, 0.29) is 18.2 Å². The predicted molar refractivity (Wildman–Crippen MR) is 101 cm³/mol. The molecule has 13 heteroatoms. The topological polar surface area (TPSA) is 126 Å². The Kier molecular flexibility index (Phi) is 7.61. The molecular formula is C17H19F3N6O4. The number of carbonyl (C=O) groups excluding carboxylic acids is 2. The first-order chi connectivity index (χ1) is 14.1. The normalized spacial score (nSPS) is 10.7. The molecule has 0 saturated heterocycles. The summed E-state index contributed by atoms with van der Waals surface area (Å²) in [6, 6.07) is 5.58. The number of hydrogen-bond donors (Lipinski definition) is 4. The summed E-state index contributed by atoms with van der Waals surface area (Å²) in [6.07, 6.45) is -5.36. The van der Waals surface area contributed by atoms with Crippen LogP contribution in [0.25, 0.3) is 0 Å². The summed E-state index contributed by atoms with van der Waals surface area (Å²) >= 11 is 0. The van der Waals surface area contributed by atoms with E-state index in [1.807, 2.05) is 0 Å². The third-order valence-electron chi connectivity index (χ3n) is 3.31. The van der Waals surface area contributed by atoms with Crippen molar-refractivity contribution in [3.8, 4) is 5.75 Å². The summed E-state index contributed by atoms with van der Waals surface area (Å²) in [4.78, 5) is 31.3. The van der Waals surface area contributed by atoms with Crippen molar-refractivity contribution in [3.63, 3.8) is 0 Å². The molecule has 10 nitrogen and oxygen atoms in total. The Morgan fingerprint density at radius 1 is 1.07 bits per heavy atom. The molecule has 0 unspecified atom stereocenters. The number of carbonyl (C=O) groups is 2. The Hall–Kier alpha value is -3.77. The van der Waals surface area contributed by atoms with Crippen molar-refractivity contribution < 1.29 is 32.2 Å². The Balaban J connectivity index is 1.90. The molecule has 0 aliphatic rings. The van der Waals surface area contributed by atoms with Gasteiger partial charge in [-0.25, -0.2) is 14.6 Å². The lowest BCUT2D eigenvalue weighted by Gasteiger charge is -2.11. The number of nitrogens with one attached hydrogen (secondary N) is 4.